The third-order valence-electron chi connectivity index (χ3n) is 5.96. The number of aromatic hydroxyl groups is 1. The summed E-state index contributed by atoms with van der Waals surface area (Å²) in [6.07, 6.45) is 2.17. The number of phenolic OH excluding ortho intramolecular Hbond substituents is 1. The molecule has 0 aromatic heterocycles. The van der Waals surface area contributed by atoms with Crippen LogP contribution in [0.1, 0.15) is 18.4 Å². The van der Waals surface area contributed by atoms with Gasteiger partial charge in [0, 0.05) is 12.2 Å². The van der Waals surface area contributed by atoms with Gasteiger partial charge in [-0.3, -0.25) is 9.69 Å². The van der Waals surface area contributed by atoms with Gasteiger partial charge in [-0.15, -0.1) is 0 Å². The Balaban J connectivity index is 1.12. The number of hydrogen-bond donors (Lipinski definition) is 3. The summed E-state index contributed by atoms with van der Waals surface area (Å²) in [6, 6.07) is 22.3. The number of benzene rings is 3. The van der Waals surface area contributed by atoms with E-state index in [4.69, 9.17) is 16.3 Å². The van der Waals surface area contributed by atoms with Crippen molar-refractivity contribution in [3.8, 4) is 17.2 Å². The molecule has 4 rings (SSSR count). The van der Waals surface area contributed by atoms with Crippen molar-refractivity contribution in [2.45, 2.75) is 19.4 Å². The highest BCUT2D eigenvalue weighted by atomic mass is 35.5. The molecule has 0 bridgehead atoms. The van der Waals surface area contributed by atoms with Crippen molar-refractivity contribution in [1.82, 2.24) is 10.2 Å². The van der Waals surface area contributed by atoms with E-state index in [9.17, 15) is 9.90 Å². The van der Waals surface area contributed by atoms with Crippen molar-refractivity contribution in [3.05, 3.63) is 83.4 Å². The molecule has 0 unspecified atom stereocenters. The molecule has 6 nitrogen and oxygen atoms in total. The molecule has 0 atom stereocenters. The van der Waals surface area contributed by atoms with Crippen molar-refractivity contribution in [2.24, 2.45) is 5.92 Å². The molecule has 3 aromatic rings. The molecule has 3 N–H and O–H groups in total. The van der Waals surface area contributed by atoms with Crippen LogP contribution in [0.2, 0.25) is 5.02 Å². The summed E-state index contributed by atoms with van der Waals surface area (Å²) in [4.78, 5) is 14.7. The fourth-order valence-electron chi connectivity index (χ4n) is 4.08. The van der Waals surface area contributed by atoms with E-state index in [0.29, 0.717) is 10.9 Å². The topological polar surface area (TPSA) is 73.8 Å². The van der Waals surface area contributed by atoms with E-state index in [2.05, 4.69) is 15.5 Å². The van der Waals surface area contributed by atoms with Gasteiger partial charge in [0.1, 0.15) is 17.2 Å². The number of likely N-dealkylation sites (tertiary alicyclic amines) is 1. The Morgan fingerprint density at radius 1 is 1.00 bits per heavy atom. The van der Waals surface area contributed by atoms with Crippen LogP contribution in [0.3, 0.4) is 0 Å². The highest BCUT2D eigenvalue weighted by molar-refractivity contribution is 6.32. The quantitative estimate of drug-likeness (QED) is 0.389. The summed E-state index contributed by atoms with van der Waals surface area (Å²) in [5.41, 5.74) is 1.85. The summed E-state index contributed by atoms with van der Waals surface area (Å²) >= 11 is 6.01. The number of para-hydroxylation sites is 1. The molecule has 1 aliphatic rings. The molecular formula is C27H30ClN3O3. The van der Waals surface area contributed by atoms with Crippen LogP contribution in [0.4, 0.5) is 5.69 Å². The maximum atomic E-state index is 12.3. The minimum Gasteiger partial charge on any atom is -0.506 e. The molecule has 178 valence electrons. The number of piperidine rings is 1. The minimum atomic E-state index is -0.0571. The SMILES string of the molecule is O=C(CNCC1CCN(Cc2ccc(O)c(Cl)c2)CC1)Nc1ccc(Oc2ccccc2)cc1. The summed E-state index contributed by atoms with van der Waals surface area (Å²) in [5.74, 6) is 2.12. The first kappa shape index (κ1) is 24.1. The highest BCUT2D eigenvalue weighted by Crippen LogP contribution is 2.26. The van der Waals surface area contributed by atoms with Gasteiger partial charge in [-0.25, -0.2) is 0 Å². The Labute approximate surface area is 205 Å². The van der Waals surface area contributed by atoms with Crippen molar-refractivity contribution in [3.63, 3.8) is 0 Å². The molecule has 1 amide bonds. The van der Waals surface area contributed by atoms with Gasteiger partial charge in [0.2, 0.25) is 5.91 Å². The lowest BCUT2D eigenvalue weighted by Gasteiger charge is -2.32. The number of nitrogens with one attached hydrogen (secondary N) is 2. The van der Waals surface area contributed by atoms with E-state index >= 15 is 0 Å². The lowest BCUT2D eigenvalue weighted by atomic mass is 9.96. The number of halogens is 1. The minimum absolute atomic E-state index is 0.0571. The van der Waals surface area contributed by atoms with E-state index in [0.717, 1.165) is 61.8 Å². The van der Waals surface area contributed by atoms with Crippen molar-refractivity contribution < 1.29 is 14.6 Å². The van der Waals surface area contributed by atoms with Gasteiger partial charge >= 0.3 is 0 Å². The number of hydrogen-bond acceptors (Lipinski definition) is 5. The molecular weight excluding hydrogens is 450 g/mol. The molecule has 1 saturated heterocycles. The molecule has 0 spiro atoms. The Hall–Kier alpha value is -3.06. The first-order chi connectivity index (χ1) is 16.5. The third kappa shape index (κ3) is 7.22. The number of ether oxygens (including phenoxy) is 1. The van der Waals surface area contributed by atoms with Gasteiger partial charge < -0.3 is 20.5 Å². The average Bonchev–Trinajstić information content (AvgIpc) is 2.84. The number of carbonyl (C=O) groups excluding carboxylic acids is 1. The smallest absolute Gasteiger partial charge is 0.238 e. The highest BCUT2D eigenvalue weighted by Gasteiger charge is 2.19. The van der Waals surface area contributed by atoms with Crippen LogP contribution in [0.5, 0.6) is 17.2 Å². The zero-order chi connectivity index (χ0) is 23.8. The number of rotatable bonds is 9. The summed E-state index contributed by atoms with van der Waals surface area (Å²) in [6.45, 7) is 3.96. The molecule has 0 aliphatic carbocycles. The van der Waals surface area contributed by atoms with Gasteiger partial charge in [0.15, 0.2) is 0 Å². The Morgan fingerprint density at radius 2 is 1.71 bits per heavy atom. The van der Waals surface area contributed by atoms with E-state index in [1.165, 1.54) is 0 Å². The number of nitrogens with zero attached hydrogens (tertiary/aromatic N) is 1. The molecule has 1 fully saturated rings. The Bertz CT molecular complexity index is 1070. The van der Waals surface area contributed by atoms with Gasteiger partial charge in [0.05, 0.1) is 11.6 Å². The summed E-state index contributed by atoms with van der Waals surface area (Å²) < 4.78 is 5.78. The summed E-state index contributed by atoms with van der Waals surface area (Å²) in [7, 11) is 0. The third-order valence-corrected chi connectivity index (χ3v) is 6.26. The Kier molecular flexibility index (Phi) is 8.41. The van der Waals surface area contributed by atoms with E-state index in [-0.39, 0.29) is 18.2 Å². The molecule has 0 radical (unpaired) electrons. The fraction of sp³-hybridized carbons (Fsp3) is 0.296. The average molecular weight is 480 g/mol. The van der Waals surface area contributed by atoms with Crippen LogP contribution >= 0.6 is 11.6 Å². The molecule has 3 aromatic carbocycles. The normalized spacial score (nSPS) is 14.6. The predicted molar refractivity (Wildman–Crippen MR) is 136 cm³/mol. The molecule has 1 aliphatic heterocycles. The lowest BCUT2D eigenvalue weighted by Crippen LogP contribution is -2.38. The molecule has 0 saturated carbocycles. The van der Waals surface area contributed by atoms with Gasteiger partial charge in [-0.1, -0.05) is 35.9 Å². The van der Waals surface area contributed by atoms with Crippen LogP contribution in [0.25, 0.3) is 0 Å². The number of carbonyl (C=O) groups is 1. The van der Waals surface area contributed by atoms with Crippen LogP contribution < -0.4 is 15.4 Å². The zero-order valence-corrected chi connectivity index (χ0v) is 19.8. The largest absolute Gasteiger partial charge is 0.506 e. The second kappa shape index (κ2) is 11.9. The van der Waals surface area contributed by atoms with Crippen LogP contribution in [0.15, 0.2) is 72.8 Å². The Morgan fingerprint density at radius 3 is 2.41 bits per heavy atom. The molecule has 7 heteroatoms. The monoisotopic (exact) mass is 479 g/mol. The van der Waals surface area contributed by atoms with E-state index < -0.39 is 0 Å². The van der Waals surface area contributed by atoms with Crippen LogP contribution in [-0.2, 0) is 11.3 Å². The molecule has 1 heterocycles. The van der Waals surface area contributed by atoms with Crippen LogP contribution in [0, 0.1) is 5.92 Å². The maximum absolute atomic E-state index is 12.3. The standard InChI is InChI=1S/C27H30ClN3O3/c28-25-16-21(6-11-26(25)32)19-31-14-12-20(13-15-31)17-29-18-27(33)30-22-7-9-24(10-8-22)34-23-4-2-1-3-5-23/h1-11,16,20,29,32H,12-15,17-19H2,(H,30,33). The lowest BCUT2D eigenvalue weighted by molar-refractivity contribution is -0.115. The number of amides is 1. The summed E-state index contributed by atoms with van der Waals surface area (Å²) in [5, 5.41) is 16.2. The molecule has 34 heavy (non-hydrogen) atoms. The first-order valence-electron chi connectivity index (χ1n) is 11.6. The van der Waals surface area contributed by atoms with Crippen molar-refractivity contribution in [2.75, 3.05) is 31.5 Å². The second-order valence-electron chi connectivity index (χ2n) is 8.62. The number of phenols is 1. The van der Waals surface area contributed by atoms with Gasteiger partial charge in [-0.2, -0.15) is 0 Å². The van der Waals surface area contributed by atoms with Crippen LogP contribution in [-0.4, -0.2) is 42.1 Å². The zero-order valence-electron chi connectivity index (χ0n) is 19.0. The van der Waals surface area contributed by atoms with Crippen molar-refractivity contribution in [1.29, 1.82) is 0 Å². The van der Waals surface area contributed by atoms with Crippen molar-refractivity contribution >= 4 is 23.2 Å². The first-order valence-corrected chi connectivity index (χ1v) is 12.0. The predicted octanol–water partition coefficient (Wildman–Crippen LogP) is 5.28. The maximum Gasteiger partial charge on any atom is 0.238 e. The fourth-order valence-corrected chi connectivity index (χ4v) is 4.28. The number of anilines is 1. The van der Waals surface area contributed by atoms with E-state index in [1.54, 1.807) is 6.07 Å². The second-order valence-corrected chi connectivity index (χ2v) is 9.03. The van der Waals surface area contributed by atoms with E-state index in [1.807, 2.05) is 66.7 Å². The van der Waals surface area contributed by atoms with Gasteiger partial charge in [-0.05, 0) is 92.5 Å². The van der Waals surface area contributed by atoms with Gasteiger partial charge in [0.25, 0.3) is 0 Å².